The van der Waals surface area contributed by atoms with Crippen LogP contribution in [0.25, 0.3) is 0 Å². The Bertz CT molecular complexity index is 682. The minimum Gasteiger partial charge on any atom is -0.455 e. The first-order valence-electron chi connectivity index (χ1n) is 8.60. The van der Waals surface area contributed by atoms with Gasteiger partial charge in [0, 0.05) is 11.2 Å². The Morgan fingerprint density at radius 1 is 1.23 bits per heavy atom. The summed E-state index contributed by atoms with van der Waals surface area (Å²) in [4.78, 5) is 37.9. The van der Waals surface area contributed by atoms with Gasteiger partial charge in [-0.1, -0.05) is 6.92 Å². The molecular formula is C19H25FN2O4. The second kappa shape index (κ2) is 7.85. The number of nitrogens with one attached hydrogen (secondary N) is 1. The molecule has 1 aromatic rings. The molecule has 1 N–H and O–H groups in total. The van der Waals surface area contributed by atoms with Crippen LogP contribution in [-0.4, -0.2) is 41.4 Å². The van der Waals surface area contributed by atoms with Gasteiger partial charge in [-0.05, 0) is 57.4 Å². The molecule has 0 unspecified atom stereocenters. The lowest BCUT2D eigenvalue weighted by atomic mass is 10.1. The lowest BCUT2D eigenvalue weighted by Gasteiger charge is -2.35. The van der Waals surface area contributed by atoms with Gasteiger partial charge in [0.25, 0.3) is 5.91 Å². The van der Waals surface area contributed by atoms with Crippen LogP contribution in [0.5, 0.6) is 0 Å². The summed E-state index contributed by atoms with van der Waals surface area (Å²) >= 11 is 0. The molecule has 0 spiro atoms. The molecule has 0 saturated heterocycles. The quantitative estimate of drug-likeness (QED) is 0.787. The average molecular weight is 364 g/mol. The number of hydrogen-bond donors (Lipinski definition) is 1. The lowest BCUT2D eigenvalue weighted by molar-refractivity contribution is -0.156. The van der Waals surface area contributed by atoms with Crippen LogP contribution in [0, 0.1) is 17.7 Å². The number of carbonyl (C=O) groups excluding carboxylic acids is 3. The molecule has 2 atom stereocenters. The molecule has 26 heavy (non-hydrogen) atoms. The van der Waals surface area contributed by atoms with Gasteiger partial charge in [0.1, 0.15) is 12.4 Å². The maximum atomic E-state index is 12.9. The molecule has 0 bridgehead atoms. The molecule has 1 aromatic carbocycles. The van der Waals surface area contributed by atoms with Crippen molar-refractivity contribution < 1.29 is 23.5 Å². The molecule has 6 nitrogen and oxygen atoms in total. The predicted octanol–water partition coefficient (Wildman–Crippen LogP) is 2.59. The van der Waals surface area contributed by atoms with Crippen LogP contribution in [0.3, 0.4) is 0 Å². The van der Waals surface area contributed by atoms with Crippen molar-refractivity contribution in [1.82, 2.24) is 4.90 Å². The molecular weight excluding hydrogens is 339 g/mol. The zero-order chi connectivity index (χ0) is 19.5. The van der Waals surface area contributed by atoms with Crippen LogP contribution >= 0.6 is 0 Å². The monoisotopic (exact) mass is 364 g/mol. The molecule has 7 heteroatoms. The van der Waals surface area contributed by atoms with E-state index in [0.717, 1.165) is 6.42 Å². The van der Waals surface area contributed by atoms with E-state index in [0.29, 0.717) is 11.6 Å². The van der Waals surface area contributed by atoms with Crippen molar-refractivity contribution in [3.8, 4) is 0 Å². The SMILES string of the molecule is C[C@@H]1C[C@@H]1C(=O)OCC(=O)N(CC(=O)Nc1ccc(F)cc1)C(C)(C)C. The third-order valence-corrected chi connectivity index (χ3v) is 4.29. The third-order valence-electron chi connectivity index (χ3n) is 4.29. The van der Waals surface area contributed by atoms with Gasteiger partial charge in [-0.3, -0.25) is 14.4 Å². The summed E-state index contributed by atoms with van der Waals surface area (Å²) < 4.78 is 18.0. The molecule has 0 aromatic heterocycles. The van der Waals surface area contributed by atoms with Crippen LogP contribution in [0.2, 0.25) is 0 Å². The maximum absolute atomic E-state index is 12.9. The van der Waals surface area contributed by atoms with Gasteiger partial charge in [-0.15, -0.1) is 0 Å². The van der Waals surface area contributed by atoms with E-state index in [4.69, 9.17) is 4.74 Å². The number of ether oxygens (including phenoxy) is 1. The van der Waals surface area contributed by atoms with E-state index in [2.05, 4.69) is 5.32 Å². The zero-order valence-electron chi connectivity index (χ0n) is 15.5. The van der Waals surface area contributed by atoms with Crippen LogP contribution < -0.4 is 5.32 Å². The van der Waals surface area contributed by atoms with Crippen LogP contribution in [0.15, 0.2) is 24.3 Å². The van der Waals surface area contributed by atoms with E-state index < -0.39 is 23.2 Å². The van der Waals surface area contributed by atoms with Crippen LogP contribution in [0.1, 0.15) is 34.1 Å². The molecule has 1 fully saturated rings. The summed E-state index contributed by atoms with van der Waals surface area (Å²) in [7, 11) is 0. The highest BCUT2D eigenvalue weighted by atomic mass is 19.1. The summed E-state index contributed by atoms with van der Waals surface area (Å²) in [5.41, 5.74) is -0.192. The molecule has 2 amide bonds. The Morgan fingerprint density at radius 2 is 1.81 bits per heavy atom. The van der Waals surface area contributed by atoms with Gasteiger partial charge < -0.3 is 15.0 Å². The Kier molecular flexibility index (Phi) is 6.00. The highest BCUT2D eigenvalue weighted by Gasteiger charge is 2.41. The first-order valence-corrected chi connectivity index (χ1v) is 8.60. The molecule has 0 heterocycles. The van der Waals surface area contributed by atoms with Crippen LogP contribution in [-0.2, 0) is 19.1 Å². The van der Waals surface area contributed by atoms with E-state index in [9.17, 15) is 18.8 Å². The molecule has 142 valence electrons. The molecule has 0 radical (unpaired) electrons. The van der Waals surface area contributed by atoms with E-state index in [1.807, 2.05) is 6.92 Å². The van der Waals surface area contributed by atoms with Gasteiger partial charge in [0.05, 0.1) is 5.92 Å². The Balaban J connectivity index is 1.93. The summed E-state index contributed by atoms with van der Waals surface area (Å²) in [5.74, 6) is -1.43. The predicted molar refractivity (Wildman–Crippen MR) is 94.7 cm³/mol. The topological polar surface area (TPSA) is 75.7 Å². The Labute approximate surface area is 152 Å². The van der Waals surface area contributed by atoms with Crippen molar-refractivity contribution in [2.24, 2.45) is 11.8 Å². The van der Waals surface area contributed by atoms with Crippen molar-refractivity contribution in [3.63, 3.8) is 0 Å². The third kappa shape index (κ3) is 5.54. The number of rotatable bonds is 6. The highest BCUT2D eigenvalue weighted by molar-refractivity contribution is 5.95. The molecule has 1 saturated carbocycles. The zero-order valence-corrected chi connectivity index (χ0v) is 15.5. The van der Waals surface area contributed by atoms with Gasteiger partial charge in [-0.25, -0.2) is 4.39 Å². The van der Waals surface area contributed by atoms with Gasteiger partial charge in [0.2, 0.25) is 5.91 Å². The van der Waals surface area contributed by atoms with E-state index in [-0.39, 0.29) is 25.0 Å². The second-order valence-electron chi connectivity index (χ2n) is 7.63. The van der Waals surface area contributed by atoms with Gasteiger partial charge >= 0.3 is 5.97 Å². The number of carbonyl (C=O) groups is 3. The Hall–Kier alpha value is -2.44. The van der Waals surface area contributed by atoms with Crippen molar-refractivity contribution in [2.75, 3.05) is 18.5 Å². The number of esters is 1. The van der Waals surface area contributed by atoms with Gasteiger partial charge in [-0.2, -0.15) is 0 Å². The standard InChI is InChI=1S/C19H25FN2O4/c1-12-9-15(12)18(25)26-11-17(24)22(19(2,3)4)10-16(23)21-14-7-5-13(20)6-8-14/h5-8,12,15H,9-11H2,1-4H3,(H,21,23)/t12-,15+/m1/s1. The molecule has 0 aliphatic heterocycles. The fraction of sp³-hybridized carbons (Fsp3) is 0.526. The molecule has 1 aliphatic rings. The maximum Gasteiger partial charge on any atom is 0.309 e. The summed E-state index contributed by atoms with van der Waals surface area (Å²) in [5, 5.41) is 2.62. The van der Waals surface area contributed by atoms with Crippen LogP contribution in [0.4, 0.5) is 10.1 Å². The van der Waals surface area contributed by atoms with E-state index in [1.165, 1.54) is 29.2 Å². The minimum atomic E-state index is -0.628. The number of hydrogen-bond acceptors (Lipinski definition) is 4. The highest BCUT2D eigenvalue weighted by Crippen LogP contribution is 2.38. The summed E-state index contributed by atoms with van der Waals surface area (Å²) in [6.45, 7) is 6.75. The second-order valence-corrected chi connectivity index (χ2v) is 7.63. The molecule has 2 rings (SSSR count). The van der Waals surface area contributed by atoms with Gasteiger partial charge in [0.15, 0.2) is 6.61 Å². The normalized spacial score (nSPS) is 18.8. The smallest absolute Gasteiger partial charge is 0.309 e. The largest absolute Gasteiger partial charge is 0.455 e. The average Bonchev–Trinajstić information content (AvgIpc) is 3.28. The fourth-order valence-corrected chi connectivity index (χ4v) is 2.55. The first kappa shape index (κ1) is 19.9. The van der Waals surface area contributed by atoms with Crippen molar-refractivity contribution in [2.45, 2.75) is 39.7 Å². The number of benzene rings is 1. The number of amides is 2. The lowest BCUT2D eigenvalue weighted by Crippen LogP contribution is -2.50. The van der Waals surface area contributed by atoms with Crippen molar-refractivity contribution >= 4 is 23.5 Å². The number of nitrogens with zero attached hydrogens (tertiary/aromatic N) is 1. The minimum absolute atomic E-state index is 0.118. The number of halogens is 1. The Morgan fingerprint density at radius 3 is 2.31 bits per heavy atom. The number of anilines is 1. The fourth-order valence-electron chi connectivity index (χ4n) is 2.55. The van der Waals surface area contributed by atoms with Crippen molar-refractivity contribution in [1.29, 1.82) is 0 Å². The summed E-state index contributed by atoms with van der Waals surface area (Å²) in [6, 6.07) is 5.35. The summed E-state index contributed by atoms with van der Waals surface area (Å²) in [6.07, 6.45) is 0.788. The van der Waals surface area contributed by atoms with Crippen molar-refractivity contribution in [3.05, 3.63) is 30.1 Å². The van der Waals surface area contributed by atoms with E-state index in [1.54, 1.807) is 20.8 Å². The van der Waals surface area contributed by atoms with E-state index >= 15 is 0 Å². The molecule has 1 aliphatic carbocycles. The first-order chi connectivity index (χ1) is 12.1.